The summed E-state index contributed by atoms with van der Waals surface area (Å²) in [6.07, 6.45) is -4.49. The van der Waals surface area contributed by atoms with Crippen molar-refractivity contribution in [1.29, 1.82) is 0 Å². The normalized spacial score (nSPS) is 11.8. The first kappa shape index (κ1) is 11.0. The molecule has 0 spiro atoms. The number of alkyl halides is 3. The molecule has 0 heterocycles. The molecule has 1 aromatic rings. The zero-order valence-corrected chi connectivity index (χ0v) is 7.24. The van der Waals surface area contributed by atoms with Crippen molar-refractivity contribution in [3.8, 4) is 0 Å². The third kappa shape index (κ3) is 2.45. The quantitative estimate of drug-likeness (QED) is 0.561. The van der Waals surface area contributed by atoms with Crippen LogP contribution in [0.25, 0.3) is 0 Å². The molecule has 1 aromatic carbocycles. The van der Waals surface area contributed by atoms with Gasteiger partial charge < -0.3 is 5.32 Å². The highest BCUT2D eigenvalue weighted by Crippen LogP contribution is 2.29. The summed E-state index contributed by atoms with van der Waals surface area (Å²) in [6.45, 7) is 0.226. The van der Waals surface area contributed by atoms with Crippen molar-refractivity contribution in [1.82, 2.24) is 0 Å². The molecule has 14 heavy (non-hydrogen) atoms. The van der Waals surface area contributed by atoms with E-state index in [1.807, 2.05) is 0 Å². The van der Waals surface area contributed by atoms with Gasteiger partial charge >= 0.3 is 6.18 Å². The number of hydrogen-bond acceptors (Lipinski definition) is 0. The van der Waals surface area contributed by atoms with E-state index in [1.54, 1.807) is 0 Å². The largest absolute Gasteiger partial charge is 0.475 e. The molecule has 0 amide bonds. The topological polar surface area (TPSA) is 16.6 Å². The van der Waals surface area contributed by atoms with E-state index in [9.17, 15) is 17.6 Å². The minimum Gasteiger partial charge on any atom is -0.475 e. The highest BCUT2D eigenvalue weighted by atomic mass is 19.4. The standard InChI is InChI=1S/C9H9F4N/c1-14-5-6-2-3-7(4-8(6)10)9(11,12)13/h2-4H,1,5,14H2. The van der Waals surface area contributed by atoms with E-state index in [0.717, 1.165) is 12.1 Å². The summed E-state index contributed by atoms with van der Waals surface area (Å²) in [5.41, 5.74) is -0.754. The van der Waals surface area contributed by atoms with Gasteiger partial charge in [-0.1, -0.05) is 0 Å². The van der Waals surface area contributed by atoms with Gasteiger partial charge in [-0.15, -0.1) is 0 Å². The van der Waals surface area contributed by atoms with E-state index in [2.05, 4.69) is 7.05 Å². The Morgan fingerprint density at radius 3 is 2.36 bits per heavy atom. The van der Waals surface area contributed by atoms with Crippen LogP contribution < -0.4 is 5.32 Å². The maximum Gasteiger partial charge on any atom is 0.416 e. The van der Waals surface area contributed by atoms with Crippen molar-refractivity contribution >= 4 is 0 Å². The number of rotatable bonds is 2. The van der Waals surface area contributed by atoms with Crippen molar-refractivity contribution in [2.24, 2.45) is 0 Å². The molecule has 0 fully saturated rings. The number of quaternary nitrogens is 1. The summed E-state index contributed by atoms with van der Waals surface area (Å²) in [7, 11) is 3.38. The number of hydrogen-bond donors (Lipinski definition) is 1. The molecule has 78 valence electrons. The fourth-order valence-electron chi connectivity index (χ4n) is 1.04. The molecule has 1 nitrogen and oxygen atoms in total. The Bertz CT molecular complexity index is 319. The van der Waals surface area contributed by atoms with Gasteiger partial charge in [0.2, 0.25) is 0 Å². The molecule has 0 saturated carbocycles. The van der Waals surface area contributed by atoms with Gasteiger partial charge in [0.05, 0.1) is 12.1 Å². The average Bonchev–Trinajstić information content (AvgIpc) is 2.07. The van der Waals surface area contributed by atoms with Gasteiger partial charge in [-0.2, -0.15) is 20.2 Å². The summed E-state index contributed by atoms with van der Waals surface area (Å²) in [5.74, 6) is -0.847. The lowest BCUT2D eigenvalue weighted by atomic mass is 10.1. The molecule has 0 aliphatic heterocycles. The molecule has 0 bridgehead atoms. The van der Waals surface area contributed by atoms with Gasteiger partial charge in [-0.3, -0.25) is 0 Å². The van der Waals surface area contributed by atoms with Crippen LogP contribution in [-0.4, -0.2) is 0 Å². The van der Waals surface area contributed by atoms with Gasteiger partial charge in [0.1, 0.15) is 5.82 Å². The lowest BCUT2D eigenvalue weighted by Gasteiger charge is -2.08. The first-order valence-corrected chi connectivity index (χ1v) is 3.91. The van der Waals surface area contributed by atoms with Crippen LogP contribution in [-0.2, 0) is 12.7 Å². The van der Waals surface area contributed by atoms with Crippen molar-refractivity contribution in [3.63, 3.8) is 0 Å². The first-order chi connectivity index (χ1) is 6.45. The average molecular weight is 207 g/mol. The highest BCUT2D eigenvalue weighted by Gasteiger charge is 2.31. The van der Waals surface area contributed by atoms with E-state index in [-0.39, 0.29) is 12.1 Å². The molecule has 0 atom stereocenters. The van der Waals surface area contributed by atoms with Crippen LogP contribution in [0.3, 0.4) is 0 Å². The first-order valence-electron chi connectivity index (χ1n) is 3.91. The molecule has 0 aromatic heterocycles. The Balaban J connectivity index is 3.01. The fourth-order valence-corrected chi connectivity index (χ4v) is 1.04. The molecule has 1 rings (SSSR count). The molecule has 5 heteroatoms. The minimum absolute atomic E-state index is 0.216. The monoisotopic (exact) mass is 207 g/mol. The van der Waals surface area contributed by atoms with E-state index in [0.29, 0.717) is 6.07 Å². The third-order valence-electron chi connectivity index (χ3n) is 1.74. The smallest absolute Gasteiger partial charge is 0.416 e. The Labute approximate surface area is 78.7 Å². The lowest BCUT2D eigenvalue weighted by molar-refractivity contribution is -0.612. The van der Waals surface area contributed by atoms with Crippen molar-refractivity contribution in [3.05, 3.63) is 42.2 Å². The Kier molecular flexibility index (Phi) is 3.10. The number of halogens is 4. The maximum atomic E-state index is 13.0. The van der Waals surface area contributed by atoms with Crippen LogP contribution in [0.15, 0.2) is 18.2 Å². The number of nitrogens with two attached hydrogens (primary N) is 1. The molecule has 0 aliphatic rings. The van der Waals surface area contributed by atoms with Crippen molar-refractivity contribution < 1.29 is 22.9 Å². The number of benzene rings is 1. The predicted octanol–water partition coefficient (Wildman–Crippen LogP) is 1.70. The second kappa shape index (κ2) is 3.96. The summed E-state index contributed by atoms with van der Waals surface area (Å²) < 4.78 is 49.3. The van der Waals surface area contributed by atoms with Gasteiger partial charge in [0, 0.05) is 5.56 Å². The summed E-state index contributed by atoms with van der Waals surface area (Å²) in [6, 6.07) is 2.49. The van der Waals surface area contributed by atoms with E-state index >= 15 is 0 Å². The second-order valence-corrected chi connectivity index (χ2v) is 2.80. The Hall–Kier alpha value is -1.10. The Morgan fingerprint density at radius 1 is 1.29 bits per heavy atom. The summed E-state index contributed by atoms with van der Waals surface area (Å²) >= 11 is 0. The van der Waals surface area contributed by atoms with Crippen LogP contribution >= 0.6 is 0 Å². The van der Waals surface area contributed by atoms with Gasteiger partial charge in [-0.25, -0.2) is 4.39 Å². The van der Waals surface area contributed by atoms with Crippen LogP contribution in [0.5, 0.6) is 0 Å². The van der Waals surface area contributed by atoms with E-state index in [1.165, 1.54) is 5.32 Å². The molecule has 0 radical (unpaired) electrons. The zero-order valence-electron chi connectivity index (χ0n) is 7.24. The van der Waals surface area contributed by atoms with Crippen LogP contribution in [0.2, 0.25) is 0 Å². The van der Waals surface area contributed by atoms with Crippen molar-refractivity contribution in [2.45, 2.75) is 12.7 Å². The summed E-state index contributed by atoms with van der Waals surface area (Å²) in [5, 5.41) is 1.44. The SMILES string of the molecule is [CH2-][NH2+]Cc1ccc(C(F)(F)F)cc1F. The molecule has 0 aliphatic carbocycles. The predicted molar refractivity (Wildman–Crippen MR) is 42.4 cm³/mol. The second-order valence-electron chi connectivity index (χ2n) is 2.80. The van der Waals surface area contributed by atoms with E-state index in [4.69, 9.17) is 0 Å². The molecular weight excluding hydrogens is 198 g/mol. The maximum absolute atomic E-state index is 13.0. The molecule has 2 N–H and O–H groups in total. The minimum atomic E-state index is -4.49. The zero-order chi connectivity index (χ0) is 10.8. The van der Waals surface area contributed by atoms with Gasteiger partial charge in [0.25, 0.3) is 0 Å². The van der Waals surface area contributed by atoms with Crippen molar-refractivity contribution in [2.75, 3.05) is 0 Å². The molecule has 0 saturated heterocycles. The van der Waals surface area contributed by atoms with Crippen LogP contribution in [0, 0.1) is 12.9 Å². The fraction of sp³-hybridized carbons (Fsp3) is 0.222. The van der Waals surface area contributed by atoms with Crippen LogP contribution in [0.4, 0.5) is 17.6 Å². The Morgan fingerprint density at radius 2 is 1.93 bits per heavy atom. The van der Waals surface area contributed by atoms with E-state index < -0.39 is 17.6 Å². The molecule has 0 unspecified atom stereocenters. The third-order valence-corrected chi connectivity index (χ3v) is 1.74. The molecular formula is C9H9F4N. The lowest BCUT2D eigenvalue weighted by Crippen LogP contribution is -2.75. The summed E-state index contributed by atoms with van der Waals surface area (Å²) in [4.78, 5) is 0. The van der Waals surface area contributed by atoms with Gasteiger partial charge in [-0.05, 0) is 18.2 Å². The van der Waals surface area contributed by atoms with Gasteiger partial charge in [0.15, 0.2) is 0 Å². The highest BCUT2D eigenvalue weighted by molar-refractivity contribution is 5.25. The van der Waals surface area contributed by atoms with Crippen LogP contribution in [0.1, 0.15) is 11.1 Å².